The molecule has 150 valence electrons. The molecule has 1 saturated heterocycles. The lowest BCUT2D eigenvalue weighted by Crippen LogP contribution is -2.40. The number of rotatable bonds is 7. The van der Waals surface area contributed by atoms with Gasteiger partial charge in [0.1, 0.15) is 11.5 Å². The Hall–Kier alpha value is -2.72. The number of anilines is 1. The highest BCUT2D eigenvalue weighted by molar-refractivity contribution is 7.14. The van der Waals surface area contributed by atoms with Crippen LogP contribution in [0.1, 0.15) is 25.5 Å². The first-order chi connectivity index (χ1) is 13.5. The molecule has 0 bridgehead atoms. The van der Waals surface area contributed by atoms with E-state index in [4.69, 9.17) is 9.15 Å². The van der Waals surface area contributed by atoms with Crippen LogP contribution in [-0.2, 0) is 25.7 Å². The Morgan fingerprint density at radius 1 is 1.21 bits per heavy atom. The van der Waals surface area contributed by atoms with E-state index in [-0.39, 0.29) is 30.6 Å². The molecule has 3 amide bonds. The highest BCUT2D eigenvalue weighted by Gasteiger charge is 2.18. The summed E-state index contributed by atoms with van der Waals surface area (Å²) in [4.78, 5) is 41.2. The van der Waals surface area contributed by atoms with Gasteiger partial charge in [0.05, 0.1) is 19.8 Å². The van der Waals surface area contributed by atoms with Gasteiger partial charge >= 0.3 is 0 Å². The summed E-state index contributed by atoms with van der Waals surface area (Å²) in [5.41, 5.74) is 0.596. The maximum absolute atomic E-state index is 12.1. The highest BCUT2D eigenvalue weighted by Crippen LogP contribution is 2.26. The van der Waals surface area contributed by atoms with Gasteiger partial charge in [-0.2, -0.15) is 0 Å². The van der Waals surface area contributed by atoms with Crippen molar-refractivity contribution in [1.82, 2.24) is 15.2 Å². The van der Waals surface area contributed by atoms with E-state index >= 15 is 0 Å². The zero-order valence-electron chi connectivity index (χ0n) is 15.5. The van der Waals surface area contributed by atoms with Crippen LogP contribution in [0.5, 0.6) is 0 Å². The highest BCUT2D eigenvalue weighted by atomic mass is 32.1. The third-order valence-corrected chi connectivity index (χ3v) is 4.86. The van der Waals surface area contributed by atoms with Crippen LogP contribution in [0.25, 0.3) is 11.5 Å². The summed E-state index contributed by atoms with van der Waals surface area (Å²) < 4.78 is 10.9. The predicted octanol–water partition coefficient (Wildman–Crippen LogP) is 1.62. The Labute approximate surface area is 166 Å². The molecular weight excluding hydrogens is 384 g/mol. The van der Waals surface area contributed by atoms with Crippen LogP contribution in [0.2, 0.25) is 0 Å². The molecule has 2 N–H and O–H groups in total. The molecule has 0 unspecified atom stereocenters. The number of carbonyl (C=O) groups excluding carboxylic acids is 3. The average Bonchev–Trinajstić information content (AvgIpc) is 3.34. The molecule has 10 heteroatoms. The molecule has 0 spiro atoms. The van der Waals surface area contributed by atoms with Gasteiger partial charge in [0.15, 0.2) is 10.9 Å². The Bertz CT molecular complexity index is 841. The summed E-state index contributed by atoms with van der Waals surface area (Å²) in [5, 5.41) is 7.59. The van der Waals surface area contributed by atoms with E-state index in [1.165, 1.54) is 18.3 Å². The maximum Gasteiger partial charge on any atom is 0.226 e. The SMILES string of the molecule is CC(=O)NCc1ccc(-c2csc(NC(=O)CCC(=O)N3CCOCC3)n2)o1. The second kappa shape index (κ2) is 9.47. The van der Waals surface area contributed by atoms with Gasteiger partial charge < -0.3 is 24.7 Å². The summed E-state index contributed by atoms with van der Waals surface area (Å²) in [6.45, 7) is 3.97. The van der Waals surface area contributed by atoms with Gasteiger partial charge in [-0.15, -0.1) is 11.3 Å². The third-order valence-electron chi connectivity index (χ3n) is 4.11. The fourth-order valence-corrected chi connectivity index (χ4v) is 3.36. The smallest absolute Gasteiger partial charge is 0.226 e. The molecule has 0 saturated carbocycles. The number of furan rings is 1. The minimum atomic E-state index is -0.256. The van der Waals surface area contributed by atoms with Crippen molar-refractivity contribution in [1.29, 1.82) is 0 Å². The fraction of sp³-hybridized carbons (Fsp3) is 0.444. The van der Waals surface area contributed by atoms with Crippen LogP contribution in [0.15, 0.2) is 21.9 Å². The number of hydrogen-bond acceptors (Lipinski definition) is 7. The first-order valence-corrected chi connectivity index (χ1v) is 9.83. The van der Waals surface area contributed by atoms with Crippen LogP contribution in [0.3, 0.4) is 0 Å². The molecule has 9 nitrogen and oxygen atoms in total. The molecule has 3 rings (SSSR count). The summed E-state index contributed by atoms with van der Waals surface area (Å²) in [5.74, 6) is 0.739. The molecule has 2 aromatic heterocycles. The first kappa shape index (κ1) is 20.0. The van der Waals surface area contributed by atoms with Gasteiger partial charge in [-0.05, 0) is 12.1 Å². The normalized spacial score (nSPS) is 14.0. The number of thiazole rings is 1. The second-order valence-corrected chi connectivity index (χ2v) is 7.11. The molecule has 1 aliphatic rings. The van der Waals surface area contributed by atoms with Crippen molar-refractivity contribution in [3.8, 4) is 11.5 Å². The number of ether oxygens (including phenoxy) is 1. The van der Waals surface area contributed by atoms with Gasteiger partial charge in [0, 0.05) is 38.2 Å². The van der Waals surface area contributed by atoms with Crippen molar-refractivity contribution in [2.75, 3.05) is 31.6 Å². The van der Waals surface area contributed by atoms with E-state index < -0.39 is 0 Å². The van der Waals surface area contributed by atoms with Crippen LogP contribution >= 0.6 is 11.3 Å². The van der Waals surface area contributed by atoms with Crippen molar-refractivity contribution in [2.45, 2.75) is 26.3 Å². The van der Waals surface area contributed by atoms with Crippen molar-refractivity contribution in [3.05, 3.63) is 23.3 Å². The van der Waals surface area contributed by atoms with Crippen molar-refractivity contribution in [3.63, 3.8) is 0 Å². The minimum absolute atomic E-state index is 0.0411. The lowest BCUT2D eigenvalue weighted by molar-refractivity contribution is -0.136. The number of hydrogen-bond donors (Lipinski definition) is 2. The van der Waals surface area contributed by atoms with Gasteiger partial charge in [-0.1, -0.05) is 0 Å². The average molecular weight is 406 g/mol. The zero-order valence-corrected chi connectivity index (χ0v) is 16.3. The number of morpholine rings is 1. The van der Waals surface area contributed by atoms with Crippen molar-refractivity contribution >= 4 is 34.2 Å². The molecule has 2 aromatic rings. The lowest BCUT2D eigenvalue weighted by atomic mass is 10.2. The number of nitrogens with zero attached hydrogens (tertiary/aromatic N) is 2. The maximum atomic E-state index is 12.1. The number of carbonyl (C=O) groups is 3. The monoisotopic (exact) mass is 406 g/mol. The van der Waals surface area contributed by atoms with E-state index in [1.54, 1.807) is 22.4 Å². The van der Waals surface area contributed by atoms with E-state index in [1.807, 2.05) is 0 Å². The predicted molar refractivity (Wildman–Crippen MR) is 103 cm³/mol. The Balaban J connectivity index is 1.48. The molecule has 0 aliphatic carbocycles. The largest absolute Gasteiger partial charge is 0.458 e. The Morgan fingerprint density at radius 2 is 2.00 bits per heavy atom. The molecule has 0 radical (unpaired) electrons. The number of amides is 3. The second-order valence-electron chi connectivity index (χ2n) is 6.25. The van der Waals surface area contributed by atoms with E-state index in [0.717, 1.165) is 0 Å². The molecule has 0 atom stereocenters. The van der Waals surface area contributed by atoms with Gasteiger partial charge in [0.25, 0.3) is 0 Å². The molecule has 3 heterocycles. The van der Waals surface area contributed by atoms with Crippen LogP contribution in [-0.4, -0.2) is 53.9 Å². The molecule has 1 fully saturated rings. The fourth-order valence-electron chi connectivity index (χ4n) is 2.64. The van der Waals surface area contributed by atoms with Crippen LogP contribution in [0.4, 0.5) is 5.13 Å². The number of nitrogens with one attached hydrogen (secondary N) is 2. The van der Waals surface area contributed by atoms with Crippen LogP contribution in [0, 0.1) is 0 Å². The van der Waals surface area contributed by atoms with E-state index in [2.05, 4.69) is 15.6 Å². The molecule has 0 aromatic carbocycles. The standard InChI is InChI=1S/C18H22N4O5S/c1-12(23)19-10-13-2-3-15(27-13)14-11-28-18(20-14)21-16(24)4-5-17(25)22-6-8-26-9-7-22/h2-3,11H,4-10H2,1H3,(H,19,23)(H,20,21,24). The first-order valence-electron chi connectivity index (χ1n) is 8.95. The number of aromatic nitrogens is 1. The zero-order chi connectivity index (χ0) is 19.9. The topological polar surface area (TPSA) is 114 Å². The van der Waals surface area contributed by atoms with Crippen molar-refractivity contribution < 1.29 is 23.5 Å². The van der Waals surface area contributed by atoms with E-state index in [9.17, 15) is 14.4 Å². The van der Waals surface area contributed by atoms with Crippen molar-refractivity contribution in [2.24, 2.45) is 0 Å². The lowest BCUT2D eigenvalue weighted by Gasteiger charge is -2.26. The Morgan fingerprint density at radius 3 is 2.75 bits per heavy atom. The van der Waals surface area contributed by atoms with Crippen LogP contribution < -0.4 is 10.6 Å². The van der Waals surface area contributed by atoms with Gasteiger partial charge in [-0.3, -0.25) is 14.4 Å². The quantitative estimate of drug-likeness (QED) is 0.722. The Kier molecular flexibility index (Phi) is 6.77. The summed E-state index contributed by atoms with van der Waals surface area (Å²) in [7, 11) is 0. The molecule has 28 heavy (non-hydrogen) atoms. The molecular formula is C18H22N4O5S. The minimum Gasteiger partial charge on any atom is -0.458 e. The summed E-state index contributed by atoms with van der Waals surface area (Å²) >= 11 is 1.28. The summed E-state index contributed by atoms with van der Waals surface area (Å²) in [6, 6.07) is 3.53. The van der Waals surface area contributed by atoms with E-state index in [0.29, 0.717) is 55.2 Å². The molecule has 1 aliphatic heterocycles. The van der Waals surface area contributed by atoms with Gasteiger partial charge in [-0.25, -0.2) is 4.98 Å². The third kappa shape index (κ3) is 5.64. The van der Waals surface area contributed by atoms with Gasteiger partial charge in [0.2, 0.25) is 17.7 Å². The summed E-state index contributed by atoms with van der Waals surface area (Å²) in [6.07, 6.45) is 0.265.